The fourth-order valence-electron chi connectivity index (χ4n) is 1.93. The van der Waals surface area contributed by atoms with Crippen molar-refractivity contribution in [1.29, 1.82) is 0 Å². The van der Waals surface area contributed by atoms with Crippen LogP contribution in [0.3, 0.4) is 0 Å². The van der Waals surface area contributed by atoms with E-state index in [0.717, 1.165) is 17.9 Å². The van der Waals surface area contributed by atoms with E-state index in [2.05, 4.69) is 32.6 Å². The van der Waals surface area contributed by atoms with Crippen LogP contribution >= 0.6 is 0 Å². The van der Waals surface area contributed by atoms with Gasteiger partial charge >= 0.3 is 0 Å². The lowest BCUT2D eigenvalue weighted by atomic mass is 9.95. The maximum absolute atomic E-state index is 2.56. The molecule has 0 amide bonds. The zero-order valence-corrected chi connectivity index (χ0v) is 7.59. The van der Waals surface area contributed by atoms with E-state index in [0.29, 0.717) is 0 Å². The van der Waals surface area contributed by atoms with Crippen molar-refractivity contribution >= 4 is 0 Å². The van der Waals surface area contributed by atoms with Gasteiger partial charge in [-0.05, 0) is 25.3 Å². The van der Waals surface area contributed by atoms with Gasteiger partial charge in [-0.15, -0.1) is 0 Å². The molecule has 0 saturated carbocycles. The van der Waals surface area contributed by atoms with Gasteiger partial charge in [0.2, 0.25) is 0 Å². The molecule has 0 bridgehead atoms. The van der Waals surface area contributed by atoms with E-state index in [1.165, 1.54) is 13.1 Å². The van der Waals surface area contributed by atoms with Gasteiger partial charge in [0, 0.05) is 12.6 Å². The SMILES string of the molecule is CCN1CC(C)C(C)C1C. The molecule has 0 spiro atoms. The van der Waals surface area contributed by atoms with Crippen LogP contribution in [0, 0.1) is 11.8 Å². The standard InChI is InChI=1S/C9H19N/c1-5-10-6-7(2)8(3)9(10)4/h7-9H,5-6H2,1-4H3. The average Bonchev–Trinajstić information content (AvgIpc) is 2.17. The van der Waals surface area contributed by atoms with Crippen molar-refractivity contribution < 1.29 is 0 Å². The monoisotopic (exact) mass is 141 g/mol. The van der Waals surface area contributed by atoms with Crippen LogP contribution in [0.5, 0.6) is 0 Å². The largest absolute Gasteiger partial charge is 0.300 e. The summed E-state index contributed by atoms with van der Waals surface area (Å²) in [5.74, 6) is 1.79. The predicted octanol–water partition coefficient (Wildman–Crippen LogP) is 1.98. The third-order valence-electron chi connectivity index (χ3n) is 3.16. The Labute approximate surface area is 64.4 Å². The highest BCUT2D eigenvalue weighted by atomic mass is 15.2. The summed E-state index contributed by atoms with van der Waals surface area (Å²) in [5, 5.41) is 0. The van der Waals surface area contributed by atoms with Gasteiger partial charge in [-0.2, -0.15) is 0 Å². The molecule has 1 heterocycles. The number of rotatable bonds is 1. The second kappa shape index (κ2) is 2.91. The molecule has 1 heteroatoms. The minimum absolute atomic E-state index is 0.806. The molecule has 3 unspecified atom stereocenters. The molecule has 60 valence electrons. The zero-order valence-electron chi connectivity index (χ0n) is 7.59. The molecule has 1 rings (SSSR count). The molecule has 1 aliphatic heterocycles. The van der Waals surface area contributed by atoms with Gasteiger partial charge in [-0.1, -0.05) is 20.8 Å². The Morgan fingerprint density at radius 1 is 1.30 bits per heavy atom. The summed E-state index contributed by atoms with van der Waals surface area (Å²) in [7, 11) is 0. The van der Waals surface area contributed by atoms with Gasteiger partial charge in [0.05, 0.1) is 0 Å². The van der Waals surface area contributed by atoms with Crippen molar-refractivity contribution in [3.63, 3.8) is 0 Å². The first kappa shape index (κ1) is 8.06. The summed E-state index contributed by atoms with van der Waals surface area (Å²) < 4.78 is 0. The van der Waals surface area contributed by atoms with Crippen LogP contribution < -0.4 is 0 Å². The van der Waals surface area contributed by atoms with Crippen molar-refractivity contribution in [3.05, 3.63) is 0 Å². The highest BCUT2D eigenvalue weighted by Crippen LogP contribution is 2.27. The fourth-order valence-corrected chi connectivity index (χ4v) is 1.93. The Balaban J connectivity index is 2.53. The van der Waals surface area contributed by atoms with E-state index in [1.807, 2.05) is 0 Å². The van der Waals surface area contributed by atoms with Crippen molar-refractivity contribution in [1.82, 2.24) is 4.90 Å². The molecule has 0 aliphatic carbocycles. The van der Waals surface area contributed by atoms with E-state index in [-0.39, 0.29) is 0 Å². The molecule has 1 nitrogen and oxygen atoms in total. The van der Waals surface area contributed by atoms with E-state index in [1.54, 1.807) is 0 Å². The maximum atomic E-state index is 2.56. The molecule has 10 heavy (non-hydrogen) atoms. The summed E-state index contributed by atoms with van der Waals surface area (Å²) in [6.45, 7) is 11.8. The number of nitrogens with zero attached hydrogens (tertiary/aromatic N) is 1. The van der Waals surface area contributed by atoms with Gasteiger partial charge in [0.25, 0.3) is 0 Å². The molecule has 0 aromatic heterocycles. The van der Waals surface area contributed by atoms with E-state index < -0.39 is 0 Å². The van der Waals surface area contributed by atoms with Gasteiger partial charge in [0.15, 0.2) is 0 Å². The van der Waals surface area contributed by atoms with Crippen LogP contribution in [0.15, 0.2) is 0 Å². The first-order chi connectivity index (χ1) is 4.66. The highest BCUT2D eigenvalue weighted by Gasteiger charge is 2.31. The molecule has 1 saturated heterocycles. The summed E-state index contributed by atoms with van der Waals surface area (Å²) in [6, 6.07) is 0.806. The quantitative estimate of drug-likeness (QED) is 0.539. The van der Waals surface area contributed by atoms with Crippen LogP contribution in [0.2, 0.25) is 0 Å². The van der Waals surface area contributed by atoms with E-state index in [4.69, 9.17) is 0 Å². The minimum Gasteiger partial charge on any atom is -0.300 e. The molecule has 0 radical (unpaired) electrons. The van der Waals surface area contributed by atoms with Gasteiger partial charge in [0.1, 0.15) is 0 Å². The molecule has 0 aromatic carbocycles. The topological polar surface area (TPSA) is 3.24 Å². The first-order valence-corrected chi connectivity index (χ1v) is 4.40. The van der Waals surface area contributed by atoms with E-state index >= 15 is 0 Å². The Morgan fingerprint density at radius 2 is 1.90 bits per heavy atom. The Morgan fingerprint density at radius 3 is 2.10 bits per heavy atom. The molecular formula is C9H19N. The van der Waals surface area contributed by atoms with Crippen LogP contribution in [0.1, 0.15) is 27.7 Å². The third-order valence-corrected chi connectivity index (χ3v) is 3.16. The van der Waals surface area contributed by atoms with Gasteiger partial charge in [-0.25, -0.2) is 0 Å². The van der Waals surface area contributed by atoms with Crippen LogP contribution in [0.4, 0.5) is 0 Å². The summed E-state index contributed by atoms with van der Waals surface area (Å²) in [4.78, 5) is 2.56. The number of hydrogen-bond donors (Lipinski definition) is 0. The second-order valence-electron chi connectivity index (χ2n) is 3.66. The highest BCUT2D eigenvalue weighted by molar-refractivity contribution is 4.84. The van der Waals surface area contributed by atoms with Crippen LogP contribution in [-0.2, 0) is 0 Å². The number of hydrogen-bond acceptors (Lipinski definition) is 1. The Bertz CT molecular complexity index is 111. The summed E-state index contributed by atoms with van der Waals surface area (Å²) in [6.07, 6.45) is 0. The first-order valence-electron chi connectivity index (χ1n) is 4.40. The average molecular weight is 141 g/mol. The third kappa shape index (κ3) is 1.20. The van der Waals surface area contributed by atoms with Crippen LogP contribution in [0.25, 0.3) is 0 Å². The fraction of sp³-hybridized carbons (Fsp3) is 1.00. The number of likely N-dealkylation sites (tertiary alicyclic amines) is 1. The zero-order chi connectivity index (χ0) is 7.72. The smallest absolute Gasteiger partial charge is 0.00955 e. The van der Waals surface area contributed by atoms with Gasteiger partial charge < -0.3 is 4.90 Å². The minimum atomic E-state index is 0.806. The van der Waals surface area contributed by atoms with Gasteiger partial charge in [-0.3, -0.25) is 0 Å². The maximum Gasteiger partial charge on any atom is 0.00955 e. The predicted molar refractivity (Wildman–Crippen MR) is 45.0 cm³/mol. The second-order valence-corrected chi connectivity index (χ2v) is 3.66. The normalized spacial score (nSPS) is 42.6. The Hall–Kier alpha value is -0.0400. The van der Waals surface area contributed by atoms with Crippen molar-refractivity contribution in [2.75, 3.05) is 13.1 Å². The molecule has 1 fully saturated rings. The molecule has 0 N–H and O–H groups in total. The molecule has 1 aliphatic rings. The van der Waals surface area contributed by atoms with Crippen molar-refractivity contribution in [2.24, 2.45) is 11.8 Å². The molecule has 3 atom stereocenters. The van der Waals surface area contributed by atoms with Crippen LogP contribution in [-0.4, -0.2) is 24.0 Å². The molecular weight excluding hydrogens is 122 g/mol. The lowest BCUT2D eigenvalue weighted by Gasteiger charge is -2.20. The molecule has 0 aromatic rings. The summed E-state index contributed by atoms with van der Waals surface area (Å²) >= 11 is 0. The van der Waals surface area contributed by atoms with Crippen molar-refractivity contribution in [3.8, 4) is 0 Å². The van der Waals surface area contributed by atoms with Crippen molar-refractivity contribution in [2.45, 2.75) is 33.7 Å². The lowest BCUT2D eigenvalue weighted by molar-refractivity contribution is 0.260. The van der Waals surface area contributed by atoms with E-state index in [9.17, 15) is 0 Å². The lowest BCUT2D eigenvalue weighted by Crippen LogP contribution is -2.28. The Kier molecular flexibility index (Phi) is 2.35. The summed E-state index contributed by atoms with van der Waals surface area (Å²) in [5.41, 5.74) is 0.